The van der Waals surface area contributed by atoms with E-state index in [1.165, 1.54) is 12.8 Å². The molecule has 1 saturated heterocycles. The third-order valence-corrected chi connectivity index (χ3v) is 2.89. The average molecular weight is 212 g/mol. The van der Waals surface area contributed by atoms with Crippen LogP contribution >= 0.6 is 0 Å². The molecule has 1 fully saturated rings. The van der Waals surface area contributed by atoms with E-state index < -0.39 is 6.67 Å². The highest BCUT2D eigenvalue weighted by Crippen LogP contribution is 2.16. The lowest BCUT2D eigenvalue weighted by Crippen LogP contribution is -2.35. The molecule has 1 aromatic heterocycles. The highest BCUT2D eigenvalue weighted by atomic mass is 19.1. The predicted octanol–water partition coefficient (Wildman–Crippen LogP) is 2.14. The molecule has 84 valence electrons. The minimum absolute atomic E-state index is 0.376. The van der Waals surface area contributed by atoms with Crippen LogP contribution in [-0.2, 0) is 13.1 Å². The summed E-state index contributed by atoms with van der Waals surface area (Å²) in [5, 5.41) is 3.42. The molecule has 3 nitrogen and oxygen atoms in total. The molecule has 0 radical (unpaired) electrons. The molecule has 1 aromatic rings. The summed E-state index contributed by atoms with van der Waals surface area (Å²) in [6, 6.07) is 0.448. The van der Waals surface area contributed by atoms with E-state index in [-0.39, 0.29) is 0 Å². The van der Waals surface area contributed by atoms with Crippen LogP contribution in [0.25, 0.3) is 0 Å². The molecule has 1 atom stereocenters. The minimum atomic E-state index is -0.559. The van der Waals surface area contributed by atoms with Gasteiger partial charge in [-0.3, -0.25) is 0 Å². The van der Waals surface area contributed by atoms with Gasteiger partial charge in [0.1, 0.15) is 6.67 Å². The first kappa shape index (κ1) is 10.6. The van der Waals surface area contributed by atoms with Crippen molar-refractivity contribution in [1.29, 1.82) is 0 Å². The quantitative estimate of drug-likeness (QED) is 0.834. The summed E-state index contributed by atoms with van der Waals surface area (Å²) < 4.78 is 17.8. The van der Waals surface area contributed by atoms with Crippen molar-refractivity contribution in [3.05, 3.63) is 17.3 Å². The molecule has 0 saturated carbocycles. The first-order valence-electron chi connectivity index (χ1n) is 5.54. The zero-order chi connectivity index (χ0) is 10.7. The Hall–Kier alpha value is -0.900. The van der Waals surface area contributed by atoms with Crippen molar-refractivity contribution in [3.63, 3.8) is 0 Å². The Balaban J connectivity index is 1.97. The molecule has 0 bridgehead atoms. The van der Waals surface area contributed by atoms with Crippen molar-refractivity contribution in [2.24, 2.45) is 0 Å². The first-order valence-corrected chi connectivity index (χ1v) is 5.54. The van der Waals surface area contributed by atoms with E-state index in [4.69, 9.17) is 4.42 Å². The summed E-state index contributed by atoms with van der Waals surface area (Å²) in [6.45, 7) is 2.30. The fourth-order valence-corrected chi connectivity index (χ4v) is 2.01. The van der Waals surface area contributed by atoms with Gasteiger partial charge in [0.25, 0.3) is 0 Å². The molecule has 0 spiro atoms. The van der Waals surface area contributed by atoms with Gasteiger partial charge >= 0.3 is 0 Å². The van der Waals surface area contributed by atoms with Gasteiger partial charge in [0.05, 0.1) is 5.69 Å². The van der Waals surface area contributed by atoms with Crippen molar-refractivity contribution in [1.82, 2.24) is 10.3 Å². The summed E-state index contributed by atoms with van der Waals surface area (Å²) in [5.74, 6) is 1.04. The second kappa shape index (κ2) is 4.75. The van der Waals surface area contributed by atoms with Crippen LogP contribution < -0.4 is 5.32 Å². The Morgan fingerprint density at radius 2 is 2.40 bits per heavy atom. The van der Waals surface area contributed by atoms with Gasteiger partial charge in [-0.2, -0.15) is 0 Å². The van der Waals surface area contributed by atoms with E-state index in [9.17, 15) is 4.39 Å². The lowest BCUT2D eigenvalue weighted by Gasteiger charge is -2.21. The topological polar surface area (TPSA) is 38.1 Å². The number of hydrogen-bond donors (Lipinski definition) is 1. The van der Waals surface area contributed by atoms with Gasteiger partial charge in [-0.05, 0) is 26.3 Å². The lowest BCUT2D eigenvalue weighted by molar-refractivity contribution is 0.340. The summed E-state index contributed by atoms with van der Waals surface area (Å²) >= 11 is 0. The summed E-state index contributed by atoms with van der Waals surface area (Å²) in [7, 11) is 0. The summed E-state index contributed by atoms with van der Waals surface area (Å²) in [5.41, 5.74) is 0.684. The third kappa shape index (κ3) is 2.56. The van der Waals surface area contributed by atoms with E-state index in [1.54, 1.807) is 6.92 Å². The minimum Gasteiger partial charge on any atom is -0.443 e. The molecule has 4 heteroatoms. The summed E-state index contributed by atoms with van der Waals surface area (Å²) in [6.07, 6.45) is 4.44. The van der Waals surface area contributed by atoms with Gasteiger partial charge in [0.2, 0.25) is 0 Å². The largest absolute Gasteiger partial charge is 0.443 e. The molecule has 1 N–H and O–H groups in total. The molecule has 0 aliphatic carbocycles. The SMILES string of the molecule is Cc1nc(CC2CCCCN2)oc1CF. The van der Waals surface area contributed by atoms with Crippen LogP contribution in [0.2, 0.25) is 0 Å². The zero-order valence-electron chi connectivity index (χ0n) is 9.05. The first-order chi connectivity index (χ1) is 7.29. The van der Waals surface area contributed by atoms with E-state index >= 15 is 0 Å². The number of aromatic nitrogens is 1. The standard InChI is InChI=1S/C11H17FN2O/c1-8-10(7-12)15-11(14-8)6-9-4-2-3-5-13-9/h9,13H,2-7H2,1H3. The van der Waals surface area contributed by atoms with Crippen LogP contribution in [0.3, 0.4) is 0 Å². The Kier molecular flexibility index (Phi) is 3.36. The zero-order valence-corrected chi connectivity index (χ0v) is 9.05. The Morgan fingerprint density at radius 1 is 1.53 bits per heavy atom. The molecule has 2 heterocycles. The number of piperidine rings is 1. The summed E-state index contributed by atoms with van der Waals surface area (Å²) in [4.78, 5) is 4.23. The molecule has 1 aliphatic heterocycles. The molecule has 1 aliphatic rings. The number of oxazole rings is 1. The predicted molar refractivity (Wildman–Crippen MR) is 55.4 cm³/mol. The van der Waals surface area contributed by atoms with Crippen molar-refractivity contribution in [2.75, 3.05) is 6.54 Å². The van der Waals surface area contributed by atoms with Crippen LogP contribution in [0.15, 0.2) is 4.42 Å². The molecular formula is C11H17FN2O. The van der Waals surface area contributed by atoms with Gasteiger partial charge in [0, 0.05) is 12.5 Å². The van der Waals surface area contributed by atoms with Crippen LogP contribution in [0.1, 0.15) is 36.6 Å². The van der Waals surface area contributed by atoms with Crippen molar-refractivity contribution < 1.29 is 8.81 Å². The van der Waals surface area contributed by atoms with Crippen LogP contribution in [0.5, 0.6) is 0 Å². The molecule has 0 aromatic carbocycles. The lowest BCUT2D eigenvalue weighted by atomic mass is 10.0. The van der Waals surface area contributed by atoms with E-state index in [1.807, 2.05) is 0 Å². The maximum atomic E-state index is 12.4. The smallest absolute Gasteiger partial charge is 0.196 e. The van der Waals surface area contributed by atoms with E-state index in [0.29, 0.717) is 23.4 Å². The van der Waals surface area contributed by atoms with Gasteiger partial charge in [-0.25, -0.2) is 9.37 Å². The third-order valence-electron chi connectivity index (χ3n) is 2.89. The van der Waals surface area contributed by atoms with Crippen LogP contribution in [-0.4, -0.2) is 17.6 Å². The second-order valence-electron chi connectivity index (χ2n) is 4.10. The molecular weight excluding hydrogens is 195 g/mol. The second-order valence-corrected chi connectivity index (χ2v) is 4.10. The maximum absolute atomic E-state index is 12.4. The highest BCUT2D eigenvalue weighted by Gasteiger charge is 2.17. The number of alkyl halides is 1. The van der Waals surface area contributed by atoms with Crippen molar-refractivity contribution >= 4 is 0 Å². The number of nitrogens with one attached hydrogen (secondary N) is 1. The fraction of sp³-hybridized carbons (Fsp3) is 0.727. The Labute approximate surface area is 89.1 Å². The van der Waals surface area contributed by atoms with Gasteiger partial charge < -0.3 is 9.73 Å². The van der Waals surface area contributed by atoms with E-state index in [2.05, 4.69) is 10.3 Å². The van der Waals surface area contributed by atoms with Crippen molar-refractivity contribution in [2.45, 2.75) is 45.3 Å². The molecule has 15 heavy (non-hydrogen) atoms. The fourth-order valence-electron chi connectivity index (χ4n) is 2.01. The normalized spacial score (nSPS) is 21.9. The Morgan fingerprint density at radius 3 is 3.00 bits per heavy atom. The molecule has 0 amide bonds. The highest BCUT2D eigenvalue weighted by molar-refractivity contribution is 5.07. The monoisotopic (exact) mass is 212 g/mol. The van der Waals surface area contributed by atoms with Crippen molar-refractivity contribution in [3.8, 4) is 0 Å². The van der Waals surface area contributed by atoms with E-state index in [0.717, 1.165) is 19.4 Å². The number of rotatable bonds is 3. The molecule has 1 unspecified atom stereocenters. The van der Waals surface area contributed by atoms with Gasteiger partial charge in [0.15, 0.2) is 11.7 Å². The molecule has 2 rings (SSSR count). The van der Waals surface area contributed by atoms with Gasteiger partial charge in [-0.1, -0.05) is 6.42 Å². The average Bonchev–Trinajstić information content (AvgIpc) is 2.60. The maximum Gasteiger partial charge on any atom is 0.196 e. The van der Waals surface area contributed by atoms with Crippen LogP contribution in [0, 0.1) is 6.92 Å². The number of hydrogen-bond acceptors (Lipinski definition) is 3. The number of aryl methyl sites for hydroxylation is 1. The van der Waals surface area contributed by atoms with Crippen LogP contribution in [0.4, 0.5) is 4.39 Å². The number of nitrogens with zero attached hydrogens (tertiary/aromatic N) is 1. The number of halogens is 1. The Bertz CT molecular complexity index is 318. The van der Waals surface area contributed by atoms with Gasteiger partial charge in [-0.15, -0.1) is 0 Å².